The third-order valence-corrected chi connectivity index (χ3v) is 9.75. The quantitative estimate of drug-likeness (QED) is 0.232. The Labute approximate surface area is 258 Å². The van der Waals surface area contributed by atoms with Gasteiger partial charge >= 0.3 is 0 Å². The fourth-order valence-corrected chi connectivity index (χ4v) is 7.64. The monoisotopic (exact) mass is 662 g/mol. The number of fused-ring (bicyclic) bond motifs is 1. The summed E-state index contributed by atoms with van der Waals surface area (Å²) in [6.07, 6.45) is 11.8. The van der Waals surface area contributed by atoms with E-state index in [2.05, 4.69) is 21.2 Å². The Morgan fingerprint density at radius 3 is 2.67 bits per heavy atom. The molecule has 0 saturated heterocycles. The van der Waals surface area contributed by atoms with Gasteiger partial charge in [-0.25, -0.2) is 4.99 Å². The largest absolute Gasteiger partial charge is 0.490 e. The smallest absolute Gasteiger partial charge is 0.254 e. The number of nitrogens with one attached hydrogen (secondary N) is 1. The van der Waals surface area contributed by atoms with Crippen LogP contribution in [0.2, 0.25) is 10.0 Å². The van der Waals surface area contributed by atoms with E-state index in [9.17, 15) is 4.79 Å². The summed E-state index contributed by atoms with van der Waals surface area (Å²) in [5.74, 6) is 1.22. The molecule has 2 aliphatic rings. The first-order chi connectivity index (χ1) is 19.4. The van der Waals surface area contributed by atoms with E-state index in [-0.39, 0.29) is 18.6 Å². The molecule has 0 spiro atoms. The van der Waals surface area contributed by atoms with Gasteiger partial charge in [-0.2, -0.15) is 0 Å². The van der Waals surface area contributed by atoms with Crippen LogP contribution in [0.4, 0.5) is 5.00 Å². The van der Waals surface area contributed by atoms with Gasteiger partial charge < -0.3 is 14.8 Å². The highest BCUT2D eigenvalue weighted by atomic mass is 79.9. The first kappa shape index (κ1) is 29.4. The summed E-state index contributed by atoms with van der Waals surface area (Å²) in [6, 6.07) is 9.45. The molecule has 2 aliphatic carbocycles. The van der Waals surface area contributed by atoms with Gasteiger partial charge in [0.15, 0.2) is 11.5 Å². The van der Waals surface area contributed by atoms with Crippen LogP contribution in [0.3, 0.4) is 0 Å². The minimum atomic E-state index is 0.0271. The van der Waals surface area contributed by atoms with Crippen LogP contribution in [-0.2, 0) is 19.4 Å². The van der Waals surface area contributed by atoms with E-state index in [0.717, 1.165) is 64.7 Å². The fraction of sp³-hybridized carbons (Fsp3) is 0.419. The molecule has 1 fully saturated rings. The van der Waals surface area contributed by atoms with E-state index in [1.165, 1.54) is 29.7 Å². The predicted octanol–water partition coefficient (Wildman–Crippen LogP) is 9.49. The van der Waals surface area contributed by atoms with E-state index in [4.69, 9.17) is 37.7 Å². The number of carbonyl (C=O) groups excluding carboxylic acids is 1. The molecule has 1 N–H and O–H groups in total. The van der Waals surface area contributed by atoms with Crippen molar-refractivity contribution in [2.24, 2.45) is 4.99 Å². The Morgan fingerprint density at radius 1 is 1.10 bits per heavy atom. The van der Waals surface area contributed by atoms with Crippen molar-refractivity contribution in [3.8, 4) is 11.5 Å². The molecule has 2 aromatic carbocycles. The van der Waals surface area contributed by atoms with Crippen LogP contribution < -0.4 is 14.8 Å². The normalized spacial score (nSPS) is 15.7. The van der Waals surface area contributed by atoms with Gasteiger partial charge in [-0.1, -0.05) is 48.5 Å². The summed E-state index contributed by atoms with van der Waals surface area (Å²) in [6.45, 7) is 2.68. The molecule has 1 heterocycles. The molecular formula is C31H33BrCl2N2O3S. The van der Waals surface area contributed by atoms with Crippen LogP contribution in [0.1, 0.15) is 83.8 Å². The molecule has 1 aromatic heterocycles. The van der Waals surface area contributed by atoms with E-state index in [1.54, 1.807) is 23.5 Å². The second-order valence-electron chi connectivity index (χ2n) is 10.2. The topological polar surface area (TPSA) is 59.9 Å². The van der Waals surface area contributed by atoms with E-state index >= 15 is 0 Å². The van der Waals surface area contributed by atoms with Crippen molar-refractivity contribution in [3.05, 3.63) is 72.0 Å². The van der Waals surface area contributed by atoms with Gasteiger partial charge in [0.2, 0.25) is 0 Å². The lowest BCUT2D eigenvalue weighted by Crippen LogP contribution is -2.36. The van der Waals surface area contributed by atoms with E-state index in [1.807, 2.05) is 31.3 Å². The van der Waals surface area contributed by atoms with Crippen LogP contribution in [0, 0.1) is 0 Å². The molecule has 0 atom stereocenters. The number of carbonyl (C=O) groups is 1. The molecule has 0 radical (unpaired) electrons. The molecule has 212 valence electrons. The number of benzene rings is 2. The van der Waals surface area contributed by atoms with Crippen LogP contribution >= 0.6 is 50.5 Å². The van der Waals surface area contributed by atoms with Crippen molar-refractivity contribution in [2.75, 3.05) is 6.61 Å². The van der Waals surface area contributed by atoms with Gasteiger partial charge in [0.05, 0.1) is 16.6 Å². The highest BCUT2D eigenvalue weighted by Crippen LogP contribution is 2.41. The van der Waals surface area contributed by atoms with Crippen LogP contribution in [-0.4, -0.2) is 24.8 Å². The Balaban J connectivity index is 1.39. The van der Waals surface area contributed by atoms with Gasteiger partial charge in [-0.15, -0.1) is 11.3 Å². The van der Waals surface area contributed by atoms with Crippen molar-refractivity contribution >= 4 is 67.6 Å². The lowest BCUT2D eigenvalue weighted by Gasteiger charge is -2.23. The third-order valence-electron chi connectivity index (χ3n) is 7.37. The second kappa shape index (κ2) is 13.7. The lowest BCUT2D eigenvalue weighted by molar-refractivity contribution is 0.0927. The SMILES string of the molecule is CCOc1cc(/C=N\c2sc3c(c2C(=O)NC2CCCCC2)CCCC3)cc(Br)c1OCc1ccc(Cl)cc1Cl. The minimum absolute atomic E-state index is 0.0271. The Kier molecular flexibility index (Phi) is 10.1. The molecule has 3 aromatic rings. The molecule has 5 nitrogen and oxygen atoms in total. The summed E-state index contributed by atoms with van der Waals surface area (Å²) >= 11 is 17.7. The fourth-order valence-electron chi connectivity index (χ4n) is 5.37. The zero-order valence-electron chi connectivity index (χ0n) is 22.5. The minimum Gasteiger partial charge on any atom is -0.490 e. The summed E-state index contributed by atoms with van der Waals surface area (Å²) in [4.78, 5) is 19.7. The molecule has 0 bridgehead atoms. The lowest BCUT2D eigenvalue weighted by atomic mass is 9.93. The first-order valence-corrected chi connectivity index (χ1v) is 16.3. The maximum absolute atomic E-state index is 13.5. The number of hydrogen-bond donors (Lipinski definition) is 1. The first-order valence-electron chi connectivity index (χ1n) is 14.0. The highest BCUT2D eigenvalue weighted by Gasteiger charge is 2.27. The molecule has 40 heavy (non-hydrogen) atoms. The summed E-state index contributed by atoms with van der Waals surface area (Å²) in [5.41, 5.74) is 3.63. The number of nitrogens with zero attached hydrogens (tertiary/aromatic N) is 1. The van der Waals surface area contributed by atoms with Gasteiger partial charge in [0.25, 0.3) is 5.91 Å². The zero-order valence-corrected chi connectivity index (χ0v) is 26.4. The number of hydrogen-bond acceptors (Lipinski definition) is 5. The Bertz CT molecular complexity index is 1400. The second-order valence-corrected chi connectivity index (χ2v) is 13.0. The number of ether oxygens (including phenoxy) is 2. The average Bonchev–Trinajstić information content (AvgIpc) is 3.32. The van der Waals surface area contributed by atoms with Crippen LogP contribution in [0.15, 0.2) is 39.8 Å². The molecular weight excluding hydrogens is 631 g/mol. The van der Waals surface area contributed by atoms with Crippen LogP contribution in [0.25, 0.3) is 0 Å². The molecule has 1 amide bonds. The van der Waals surface area contributed by atoms with Gasteiger partial charge in [-0.05, 0) is 96.8 Å². The molecule has 1 saturated carbocycles. The number of halogens is 3. The molecule has 0 unspecified atom stereocenters. The van der Waals surface area contributed by atoms with Crippen LogP contribution in [0.5, 0.6) is 11.5 Å². The number of thiophene rings is 1. The maximum Gasteiger partial charge on any atom is 0.254 e. The number of amides is 1. The number of rotatable bonds is 9. The number of aliphatic imine (C=N–C) groups is 1. The average molecular weight is 664 g/mol. The zero-order chi connectivity index (χ0) is 28.1. The Hall–Kier alpha value is -2.06. The third kappa shape index (κ3) is 7.04. The van der Waals surface area contributed by atoms with Crippen molar-refractivity contribution in [1.82, 2.24) is 5.32 Å². The van der Waals surface area contributed by atoms with Crippen molar-refractivity contribution in [2.45, 2.75) is 77.4 Å². The Morgan fingerprint density at radius 2 is 1.90 bits per heavy atom. The van der Waals surface area contributed by atoms with Crippen molar-refractivity contribution < 1.29 is 14.3 Å². The van der Waals surface area contributed by atoms with E-state index < -0.39 is 0 Å². The summed E-state index contributed by atoms with van der Waals surface area (Å²) in [7, 11) is 0. The molecule has 0 aliphatic heterocycles. The summed E-state index contributed by atoms with van der Waals surface area (Å²) < 4.78 is 12.8. The van der Waals surface area contributed by atoms with E-state index in [0.29, 0.717) is 28.2 Å². The molecule has 9 heteroatoms. The number of aryl methyl sites for hydroxylation is 1. The molecule has 5 rings (SSSR count). The van der Waals surface area contributed by atoms with Gasteiger partial charge in [-0.3, -0.25) is 4.79 Å². The van der Waals surface area contributed by atoms with Crippen molar-refractivity contribution in [1.29, 1.82) is 0 Å². The highest BCUT2D eigenvalue weighted by molar-refractivity contribution is 9.10. The predicted molar refractivity (Wildman–Crippen MR) is 169 cm³/mol. The summed E-state index contributed by atoms with van der Waals surface area (Å²) in [5, 5.41) is 5.23. The van der Waals surface area contributed by atoms with Crippen molar-refractivity contribution in [3.63, 3.8) is 0 Å². The standard InChI is InChI=1S/C31H33BrCl2N2O3S/c1-2-38-26-15-19(14-24(32)29(26)39-18-20-12-13-21(33)16-25(20)34)17-35-31-28(23-10-6-7-11-27(23)40-31)30(37)36-22-8-4-3-5-9-22/h12-17,22H,2-11,18H2,1H3,(H,36,37)/b35-17-. The maximum atomic E-state index is 13.5. The van der Waals surface area contributed by atoms with Gasteiger partial charge in [0, 0.05) is 32.7 Å². The van der Waals surface area contributed by atoms with Gasteiger partial charge in [0.1, 0.15) is 11.6 Å².